The number of benzene rings is 2. The Kier molecular flexibility index (Phi) is 5.97. The van der Waals surface area contributed by atoms with Crippen molar-refractivity contribution in [1.82, 2.24) is 4.90 Å². The van der Waals surface area contributed by atoms with Crippen LogP contribution in [0.25, 0.3) is 0 Å². The van der Waals surface area contributed by atoms with Gasteiger partial charge in [-0.3, -0.25) is 9.52 Å². The number of carbonyl (C=O) groups excluding carboxylic acids is 1. The highest BCUT2D eigenvalue weighted by Gasteiger charge is 2.57. The second-order valence-electron chi connectivity index (χ2n) is 10.4. The lowest BCUT2D eigenvalue weighted by atomic mass is 9.77. The maximum absolute atomic E-state index is 14.7. The quantitative estimate of drug-likeness (QED) is 0.479. The van der Waals surface area contributed by atoms with Gasteiger partial charge in [-0.05, 0) is 67.5 Å². The molecule has 206 valence electrons. The number of nitrogens with zero attached hydrogens (tertiary/aromatic N) is 2. The first-order valence-electron chi connectivity index (χ1n) is 12.2. The average Bonchev–Trinajstić information content (AvgIpc) is 3.45. The second kappa shape index (κ2) is 8.93. The standard InChI is InChI=1S/C25H24ClFN4O6S2/c1-38(34,35)29-16-5-7-18-19(10-16)39(36,37)30-24(28-18)21-23(32)20-12-2-3-13(8-12)22(20)31(25(21)33)11-14-9-15(26)4-6-17(14)27/h4-7,9-10,12-13,20,22,29,32H,2-3,8,11H2,1H3,(H,28,30)/t12-,13+,20+,22-/m0/s1. The molecule has 4 aliphatic rings. The molecule has 2 heterocycles. The first kappa shape index (κ1) is 26.1. The van der Waals surface area contributed by atoms with Crippen molar-refractivity contribution in [3.63, 3.8) is 0 Å². The third kappa shape index (κ3) is 4.45. The highest BCUT2D eigenvalue weighted by molar-refractivity contribution is 7.92. The Morgan fingerprint density at radius 1 is 1.21 bits per heavy atom. The molecule has 2 aliphatic carbocycles. The van der Waals surface area contributed by atoms with Crippen molar-refractivity contribution in [2.24, 2.45) is 22.2 Å². The zero-order valence-electron chi connectivity index (χ0n) is 20.6. The number of amides is 1. The number of aliphatic hydroxyl groups is 1. The summed E-state index contributed by atoms with van der Waals surface area (Å²) < 4.78 is 70.3. The fraction of sp³-hybridized carbons (Fsp3) is 0.360. The van der Waals surface area contributed by atoms with Crippen molar-refractivity contribution < 1.29 is 31.1 Å². The van der Waals surface area contributed by atoms with Gasteiger partial charge >= 0.3 is 0 Å². The summed E-state index contributed by atoms with van der Waals surface area (Å²) in [5.74, 6) is -1.98. The number of nitrogens with one attached hydrogen (secondary N) is 2. The number of hydrogen-bond donors (Lipinski definition) is 3. The smallest absolute Gasteiger partial charge is 0.286 e. The Bertz CT molecular complexity index is 1710. The lowest BCUT2D eigenvalue weighted by molar-refractivity contribution is -0.134. The maximum Gasteiger partial charge on any atom is 0.286 e. The van der Waals surface area contributed by atoms with Gasteiger partial charge in [-0.2, -0.15) is 8.42 Å². The maximum atomic E-state index is 14.7. The highest BCUT2D eigenvalue weighted by atomic mass is 35.5. The Balaban J connectivity index is 1.42. The van der Waals surface area contributed by atoms with Gasteiger partial charge < -0.3 is 15.3 Å². The van der Waals surface area contributed by atoms with Crippen LogP contribution in [0.2, 0.25) is 5.02 Å². The summed E-state index contributed by atoms with van der Waals surface area (Å²) in [6.45, 7) is -0.108. The normalized spacial score (nSPS) is 27.1. The van der Waals surface area contributed by atoms with E-state index in [0.29, 0.717) is 5.02 Å². The van der Waals surface area contributed by atoms with Crippen LogP contribution < -0.4 is 10.0 Å². The van der Waals surface area contributed by atoms with E-state index in [9.17, 15) is 31.1 Å². The van der Waals surface area contributed by atoms with E-state index >= 15 is 0 Å². The van der Waals surface area contributed by atoms with Gasteiger partial charge in [0.15, 0.2) is 5.84 Å². The van der Waals surface area contributed by atoms with E-state index in [4.69, 9.17) is 11.6 Å². The molecule has 2 aromatic carbocycles. The van der Waals surface area contributed by atoms with Crippen molar-refractivity contribution in [3.05, 3.63) is 64.1 Å². The van der Waals surface area contributed by atoms with Crippen LogP contribution in [0.4, 0.5) is 15.8 Å². The lowest BCUT2D eigenvalue weighted by Crippen LogP contribution is -2.53. The van der Waals surface area contributed by atoms with Crippen molar-refractivity contribution >= 4 is 54.8 Å². The molecular weight excluding hydrogens is 571 g/mol. The Labute approximate surface area is 229 Å². The first-order valence-corrected chi connectivity index (χ1v) is 16.0. The molecule has 2 aromatic rings. The van der Waals surface area contributed by atoms with Gasteiger partial charge in [-0.1, -0.05) is 11.6 Å². The molecule has 2 bridgehead atoms. The minimum Gasteiger partial charge on any atom is -0.511 e. The topological polar surface area (TPSA) is 145 Å². The number of amidine groups is 1. The van der Waals surface area contributed by atoms with Crippen LogP contribution in [0.1, 0.15) is 24.8 Å². The molecule has 2 aliphatic heterocycles. The second-order valence-corrected chi connectivity index (χ2v) is 14.2. The fourth-order valence-electron chi connectivity index (χ4n) is 6.44. The van der Waals surface area contributed by atoms with Crippen molar-refractivity contribution in [1.29, 1.82) is 0 Å². The molecule has 0 spiro atoms. The molecule has 39 heavy (non-hydrogen) atoms. The predicted molar refractivity (Wildman–Crippen MR) is 143 cm³/mol. The fourth-order valence-corrected chi connectivity index (χ4v) is 8.34. The van der Waals surface area contributed by atoms with E-state index < -0.39 is 37.7 Å². The third-order valence-electron chi connectivity index (χ3n) is 7.89. The van der Waals surface area contributed by atoms with Gasteiger partial charge in [0.05, 0.1) is 11.9 Å². The number of rotatable bonds is 5. The number of halogens is 2. The van der Waals surface area contributed by atoms with Crippen LogP contribution in [0, 0.1) is 23.6 Å². The predicted octanol–water partition coefficient (Wildman–Crippen LogP) is 3.63. The summed E-state index contributed by atoms with van der Waals surface area (Å²) >= 11 is 6.09. The van der Waals surface area contributed by atoms with E-state index in [-0.39, 0.29) is 63.4 Å². The summed E-state index contributed by atoms with van der Waals surface area (Å²) in [6, 6.07) is 7.55. The lowest BCUT2D eigenvalue weighted by Gasteiger charge is -2.44. The molecule has 0 radical (unpaired) electrons. The number of hydrogen-bond acceptors (Lipinski definition) is 7. The molecule has 0 saturated heterocycles. The van der Waals surface area contributed by atoms with Gasteiger partial charge in [-0.25, -0.2) is 12.8 Å². The number of anilines is 2. The molecule has 0 aromatic heterocycles. The molecule has 10 nitrogen and oxygen atoms in total. The third-order valence-corrected chi connectivity index (χ3v) is 10.0. The van der Waals surface area contributed by atoms with Crippen molar-refractivity contribution in [2.75, 3.05) is 16.3 Å². The number of fused-ring (bicyclic) bond motifs is 6. The summed E-state index contributed by atoms with van der Waals surface area (Å²) in [4.78, 5) is 15.2. The average molecular weight is 595 g/mol. The zero-order chi connectivity index (χ0) is 27.9. The van der Waals surface area contributed by atoms with E-state index in [1.807, 2.05) is 0 Å². The summed E-state index contributed by atoms with van der Waals surface area (Å²) in [5.41, 5.74) is 0.0182. The summed E-state index contributed by atoms with van der Waals surface area (Å²) in [5, 5.41) is 14.5. The van der Waals surface area contributed by atoms with Crippen LogP contribution in [0.15, 0.2) is 57.0 Å². The van der Waals surface area contributed by atoms with Gasteiger partial charge in [0, 0.05) is 34.8 Å². The van der Waals surface area contributed by atoms with Crippen LogP contribution >= 0.6 is 11.6 Å². The molecule has 1 amide bonds. The van der Waals surface area contributed by atoms with Crippen LogP contribution in [-0.2, 0) is 31.4 Å². The molecular formula is C25H24ClFN4O6S2. The number of sulfonamides is 2. The highest BCUT2D eigenvalue weighted by Crippen LogP contribution is 2.55. The monoisotopic (exact) mass is 594 g/mol. The van der Waals surface area contributed by atoms with Crippen LogP contribution in [0.5, 0.6) is 0 Å². The SMILES string of the molecule is CS(=O)(=O)Nc1ccc2c(c1)S(=O)(=O)N=C(C1=C(O)[C@@H]3[C@H]4CC[C@H](C4)[C@@H]3N(Cc3cc(Cl)ccc3F)C1=O)N2. The van der Waals surface area contributed by atoms with E-state index in [1.54, 1.807) is 0 Å². The van der Waals surface area contributed by atoms with E-state index in [1.165, 1.54) is 35.2 Å². The summed E-state index contributed by atoms with van der Waals surface area (Å²) in [6.07, 6.45) is 3.46. The Hall–Kier alpha value is -3.16. The summed E-state index contributed by atoms with van der Waals surface area (Å²) in [7, 11) is -8.05. The van der Waals surface area contributed by atoms with E-state index in [0.717, 1.165) is 31.6 Å². The molecule has 14 heteroatoms. The van der Waals surface area contributed by atoms with Crippen molar-refractivity contribution in [3.8, 4) is 0 Å². The molecule has 2 fully saturated rings. The van der Waals surface area contributed by atoms with Crippen LogP contribution in [0.3, 0.4) is 0 Å². The van der Waals surface area contributed by atoms with Gasteiger partial charge in [-0.15, -0.1) is 4.40 Å². The molecule has 6 rings (SSSR count). The largest absolute Gasteiger partial charge is 0.511 e. The molecule has 3 N–H and O–H groups in total. The Morgan fingerprint density at radius 2 is 1.95 bits per heavy atom. The minimum atomic E-state index is -4.39. The van der Waals surface area contributed by atoms with Gasteiger partial charge in [0.1, 0.15) is 22.0 Å². The van der Waals surface area contributed by atoms with Crippen LogP contribution in [-0.4, -0.2) is 50.9 Å². The molecule has 0 unspecified atom stereocenters. The van der Waals surface area contributed by atoms with Gasteiger partial charge in [0.2, 0.25) is 10.0 Å². The molecule has 4 atom stereocenters. The first-order chi connectivity index (χ1) is 18.3. The number of carbonyl (C=O) groups is 1. The van der Waals surface area contributed by atoms with E-state index in [2.05, 4.69) is 14.4 Å². The zero-order valence-corrected chi connectivity index (χ0v) is 22.9. The minimum absolute atomic E-state index is 0.0237. The van der Waals surface area contributed by atoms with Gasteiger partial charge in [0.25, 0.3) is 15.9 Å². The molecule has 2 saturated carbocycles. The Morgan fingerprint density at radius 3 is 2.69 bits per heavy atom. The number of aliphatic hydroxyl groups excluding tert-OH is 1. The van der Waals surface area contributed by atoms with Crippen molar-refractivity contribution in [2.45, 2.75) is 36.7 Å².